The minimum Gasteiger partial charge on any atom is -0.497 e. The van der Waals surface area contributed by atoms with Crippen molar-refractivity contribution in [1.82, 2.24) is 15.5 Å². The maximum Gasteiger partial charge on any atom is 0.258 e. The molecule has 0 amide bonds. The van der Waals surface area contributed by atoms with Gasteiger partial charge in [-0.05, 0) is 37.6 Å². The van der Waals surface area contributed by atoms with Crippen molar-refractivity contribution in [3.63, 3.8) is 0 Å². The Balaban J connectivity index is 1.76. The summed E-state index contributed by atoms with van der Waals surface area (Å²) < 4.78 is 10.5. The molecule has 19 heavy (non-hydrogen) atoms. The average Bonchev–Trinajstić information content (AvgIpc) is 3.11. The van der Waals surface area contributed by atoms with Gasteiger partial charge in [0.15, 0.2) is 5.82 Å². The number of methoxy groups -OCH3 is 1. The van der Waals surface area contributed by atoms with Crippen LogP contribution >= 0.6 is 0 Å². The number of benzene rings is 1. The maximum absolute atomic E-state index is 5.32. The van der Waals surface area contributed by atoms with Crippen LogP contribution in [0.25, 0.3) is 11.5 Å². The van der Waals surface area contributed by atoms with E-state index in [1.54, 1.807) is 7.11 Å². The predicted molar refractivity (Wildman–Crippen MR) is 71.0 cm³/mol. The highest BCUT2D eigenvalue weighted by molar-refractivity contribution is 5.55. The minimum absolute atomic E-state index is 0.482. The largest absolute Gasteiger partial charge is 0.497 e. The Kier molecular flexibility index (Phi) is 3.46. The Morgan fingerprint density at radius 1 is 1.47 bits per heavy atom. The minimum atomic E-state index is 0.482. The topological polar surface area (TPSA) is 60.2 Å². The van der Waals surface area contributed by atoms with Crippen molar-refractivity contribution in [3.05, 3.63) is 30.1 Å². The molecule has 0 bridgehead atoms. The van der Waals surface area contributed by atoms with Crippen molar-refractivity contribution in [2.45, 2.75) is 25.3 Å². The van der Waals surface area contributed by atoms with Gasteiger partial charge in [0.2, 0.25) is 0 Å². The van der Waals surface area contributed by atoms with Crippen LogP contribution < -0.4 is 10.1 Å². The Bertz CT molecular complexity index is 547. The molecule has 0 radical (unpaired) electrons. The SMILES string of the molecule is COc1cccc(-c2nc(CC3CCCN3)no2)c1. The summed E-state index contributed by atoms with van der Waals surface area (Å²) in [5.41, 5.74) is 0.887. The molecule has 1 aliphatic rings. The number of hydrogen-bond donors (Lipinski definition) is 1. The van der Waals surface area contributed by atoms with Gasteiger partial charge in [0.1, 0.15) is 5.75 Å². The van der Waals surface area contributed by atoms with Gasteiger partial charge in [0.25, 0.3) is 5.89 Å². The lowest BCUT2D eigenvalue weighted by Crippen LogP contribution is -2.24. The monoisotopic (exact) mass is 259 g/mol. The molecule has 2 aromatic rings. The molecule has 1 atom stereocenters. The number of nitrogens with zero attached hydrogens (tertiary/aromatic N) is 2. The quantitative estimate of drug-likeness (QED) is 0.910. The zero-order valence-electron chi connectivity index (χ0n) is 10.9. The van der Waals surface area contributed by atoms with Crippen LogP contribution in [-0.4, -0.2) is 29.8 Å². The van der Waals surface area contributed by atoms with Crippen molar-refractivity contribution >= 4 is 0 Å². The van der Waals surface area contributed by atoms with Gasteiger partial charge >= 0.3 is 0 Å². The normalized spacial score (nSPS) is 18.7. The summed E-state index contributed by atoms with van der Waals surface area (Å²) in [5, 5.41) is 7.48. The first-order valence-electron chi connectivity index (χ1n) is 6.55. The van der Waals surface area contributed by atoms with Gasteiger partial charge in [-0.15, -0.1) is 0 Å². The molecule has 1 aromatic carbocycles. The van der Waals surface area contributed by atoms with Crippen LogP contribution in [0.5, 0.6) is 5.75 Å². The van der Waals surface area contributed by atoms with Crippen LogP contribution in [0, 0.1) is 0 Å². The van der Waals surface area contributed by atoms with E-state index in [1.165, 1.54) is 12.8 Å². The zero-order valence-corrected chi connectivity index (χ0v) is 10.9. The van der Waals surface area contributed by atoms with E-state index < -0.39 is 0 Å². The van der Waals surface area contributed by atoms with Gasteiger partial charge in [-0.2, -0.15) is 4.98 Å². The van der Waals surface area contributed by atoms with Crippen LogP contribution in [0.15, 0.2) is 28.8 Å². The van der Waals surface area contributed by atoms with Crippen LogP contribution in [-0.2, 0) is 6.42 Å². The molecule has 2 heterocycles. The van der Waals surface area contributed by atoms with Crippen molar-refractivity contribution in [2.75, 3.05) is 13.7 Å². The molecule has 1 unspecified atom stereocenters. The van der Waals surface area contributed by atoms with E-state index in [-0.39, 0.29) is 0 Å². The number of hydrogen-bond acceptors (Lipinski definition) is 5. The summed E-state index contributed by atoms with van der Waals surface area (Å²) in [6.07, 6.45) is 3.24. The van der Waals surface area contributed by atoms with Crippen molar-refractivity contribution in [2.24, 2.45) is 0 Å². The second-order valence-corrected chi connectivity index (χ2v) is 4.75. The van der Waals surface area contributed by atoms with Gasteiger partial charge in [-0.3, -0.25) is 0 Å². The van der Waals surface area contributed by atoms with Crippen LogP contribution in [0.1, 0.15) is 18.7 Å². The number of aromatic nitrogens is 2. The van der Waals surface area contributed by atoms with Crippen molar-refractivity contribution in [3.8, 4) is 17.2 Å². The van der Waals surface area contributed by atoms with E-state index in [9.17, 15) is 0 Å². The third kappa shape index (κ3) is 2.76. The fourth-order valence-corrected chi connectivity index (χ4v) is 2.36. The van der Waals surface area contributed by atoms with E-state index in [4.69, 9.17) is 9.26 Å². The summed E-state index contributed by atoms with van der Waals surface area (Å²) in [6, 6.07) is 8.12. The lowest BCUT2D eigenvalue weighted by atomic mass is 10.1. The first-order valence-corrected chi connectivity index (χ1v) is 6.55. The highest BCUT2D eigenvalue weighted by atomic mass is 16.5. The molecule has 0 saturated carbocycles. The number of nitrogens with one attached hydrogen (secondary N) is 1. The average molecular weight is 259 g/mol. The van der Waals surface area contributed by atoms with E-state index in [0.29, 0.717) is 11.9 Å². The molecular weight excluding hydrogens is 242 g/mol. The molecule has 5 heteroatoms. The lowest BCUT2D eigenvalue weighted by Gasteiger charge is -2.04. The Morgan fingerprint density at radius 3 is 3.21 bits per heavy atom. The van der Waals surface area contributed by atoms with Crippen molar-refractivity contribution < 1.29 is 9.26 Å². The van der Waals surface area contributed by atoms with Gasteiger partial charge in [0, 0.05) is 18.0 Å². The van der Waals surface area contributed by atoms with Crippen molar-refractivity contribution in [1.29, 1.82) is 0 Å². The highest BCUT2D eigenvalue weighted by Gasteiger charge is 2.18. The summed E-state index contributed by atoms with van der Waals surface area (Å²) >= 11 is 0. The van der Waals surface area contributed by atoms with Gasteiger partial charge in [-0.25, -0.2) is 0 Å². The third-order valence-corrected chi connectivity index (χ3v) is 3.38. The molecular formula is C14H17N3O2. The first kappa shape index (κ1) is 12.2. The Hall–Kier alpha value is -1.88. The second kappa shape index (κ2) is 5.40. The fourth-order valence-electron chi connectivity index (χ4n) is 2.36. The van der Waals surface area contributed by atoms with E-state index >= 15 is 0 Å². The summed E-state index contributed by atoms with van der Waals surface area (Å²) in [6.45, 7) is 1.09. The lowest BCUT2D eigenvalue weighted by molar-refractivity contribution is 0.411. The molecule has 100 valence electrons. The Morgan fingerprint density at radius 2 is 2.42 bits per heavy atom. The van der Waals surface area contributed by atoms with Gasteiger partial charge in [0.05, 0.1) is 7.11 Å². The summed E-state index contributed by atoms with van der Waals surface area (Å²) in [7, 11) is 1.64. The predicted octanol–water partition coefficient (Wildman–Crippen LogP) is 2.04. The molecule has 0 spiro atoms. The smallest absolute Gasteiger partial charge is 0.258 e. The zero-order chi connectivity index (χ0) is 13.1. The van der Waals surface area contributed by atoms with E-state index in [1.807, 2.05) is 24.3 Å². The second-order valence-electron chi connectivity index (χ2n) is 4.75. The molecule has 1 N–H and O–H groups in total. The molecule has 5 nitrogen and oxygen atoms in total. The van der Waals surface area contributed by atoms with Crippen LogP contribution in [0.4, 0.5) is 0 Å². The fraction of sp³-hybridized carbons (Fsp3) is 0.429. The number of rotatable bonds is 4. The van der Waals surface area contributed by atoms with Gasteiger partial charge in [-0.1, -0.05) is 11.2 Å². The standard InChI is InChI=1S/C14H17N3O2/c1-18-12-6-2-4-10(8-12)14-16-13(17-19-14)9-11-5-3-7-15-11/h2,4,6,8,11,15H,3,5,7,9H2,1H3. The summed E-state index contributed by atoms with van der Waals surface area (Å²) in [4.78, 5) is 4.45. The molecule has 1 aromatic heterocycles. The number of ether oxygens (including phenoxy) is 1. The summed E-state index contributed by atoms with van der Waals surface area (Å²) in [5.74, 6) is 2.10. The van der Waals surface area contributed by atoms with E-state index in [0.717, 1.165) is 30.1 Å². The Labute approximate surface area is 112 Å². The molecule has 1 saturated heterocycles. The highest BCUT2D eigenvalue weighted by Crippen LogP contribution is 2.22. The third-order valence-electron chi connectivity index (χ3n) is 3.38. The molecule has 1 aliphatic heterocycles. The first-order chi connectivity index (χ1) is 9.35. The van der Waals surface area contributed by atoms with Crippen LogP contribution in [0.2, 0.25) is 0 Å². The molecule has 3 rings (SSSR count). The molecule has 0 aliphatic carbocycles. The van der Waals surface area contributed by atoms with E-state index in [2.05, 4.69) is 15.5 Å². The van der Waals surface area contributed by atoms with Crippen LogP contribution in [0.3, 0.4) is 0 Å². The van der Waals surface area contributed by atoms with Gasteiger partial charge < -0.3 is 14.6 Å². The molecule has 1 fully saturated rings. The maximum atomic E-state index is 5.32.